The zero-order valence-electron chi connectivity index (χ0n) is 9.64. The number of ether oxygens (including phenoxy) is 1. The Balaban J connectivity index is 2.73. The van der Waals surface area contributed by atoms with Gasteiger partial charge in [-0.15, -0.1) is 0 Å². The minimum Gasteiger partial charge on any atom is -0.483 e. The Morgan fingerprint density at radius 2 is 2.22 bits per heavy atom. The van der Waals surface area contributed by atoms with Gasteiger partial charge in [-0.2, -0.15) is 0 Å². The molecule has 0 aliphatic carbocycles. The SMILES string of the molecule is CNC(=O)COc1ccc(/C=C/C(=O)O)cc1Br. The summed E-state index contributed by atoms with van der Waals surface area (Å²) in [6.07, 6.45) is 2.52. The normalized spacial score (nSPS) is 10.3. The first-order chi connectivity index (χ1) is 8.52. The number of halogens is 1. The fraction of sp³-hybridized carbons (Fsp3) is 0.167. The number of hydrogen-bond acceptors (Lipinski definition) is 3. The quantitative estimate of drug-likeness (QED) is 0.811. The Bertz CT molecular complexity index is 485. The summed E-state index contributed by atoms with van der Waals surface area (Å²) in [5.41, 5.74) is 0.719. The van der Waals surface area contributed by atoms with Gasteiger partial charge in [-0.3, -0.25) is 4.79 Å². The Hall–Kier alpha value is -1.82. The molecule has 2 N–H and O–H groups in total. The van der Waals surface area contributed by atoms with Crippen molar-refractivity contribution in [1.29, 1.82) is 0 Å². The van der Waals surface area contributed by atoms with Gasteiger partial charge in [0.05, 0.1) is 4.47 Å². The predicted molar refractivity (Wildman–Crippen MR) is 70.4 cm³/mol. The number of hydrogen-bond donors (Lipinski definition) is 2. The predicted octanol–water partition coefficient (Wildman–Crippen LogP) is 1.67. The summed E-state index contributed by atoms with van der Waals surface area (Å²) in [5, 5.41) is 10.9. The van der Waals surface area contributed by atoms with Crippen molar-refractivity contribution < 1.29 is 19.4 Å². The second-order valence-corrected chi connectivity index (χ2v) is 4.18. The second kappa shape index (κ2) is 6.80. The van der Waals surface area contributed by atoms with E-state index in [4.69, 9.17) is 9.84 Å². The zero-order chi connectivity index (χ0) is 13.5. The van der Waals surface area contributed by atoms with Gasteiger partial charge < -0.3 is 15.2 Å². The van der Waals surface area contributed by atoms with Crippen LogP contribution in [0.2, 0.25) is 0 Å². The highest BCUT2D eigenvalue weighted by molar-refractivity contribution is 9.10. The van der Waals surface area contributed by atoms with Gasteiger partial charge in [-0.1, -0.05) is 6.07 Å². The van der Waals surface area contributed by atoms with Gasteiger partial charge >= 0.3 is 5.97 Å². The van der Waals surface area contributed by atoms with Crippen LogP contribution in [0.4, 0.5) is 0 Å². The molecule has 0 heterocycles. The third-order valence-electron chi connectivity index (χ3n) is 2.01. The first-order valence-corrected chi connectivity index (χ1v) is 5.86. The van der Waals surface area contributed by atoms with Gasteiger partial charge in [0.1, 0.15) is 5.75 Å². The van der Waals surface area contributed by atoms with Crippen molar-refractivity contribution in [3.63, 3.8) is 0 Å². The van der Waals surface area contributed by atoms with E-state index in [1.807, 2.05) is 0 Å². The second-order valence-electron chi connectivity index (χ2n) is 3.32. The number of aliphatic carboxylic acids is 1. The van der Waals surface area contributed by atoms with Crippen LogP contribution < -0.4 is 10.1 Å². The summed E-state index contributed by atoms with van der Waals surface area (Å²) in [7, 11) is 1.53. The Morgan fingerprint density at radius 1 is 1.50 bits per heavy atom. The highest BCUT2D eigenvalue weighted by Gasteiger charge is 2.04. The van der Waals surface area contributed by atoms with E-state index >= 15 is 0 Å². The van der Waals surface area contributed by atoms with Gasteiger partial charge in [-0.25, -0.2) is 4.79 Å². The van der Waals surface area contributed by atoms with E-state index < -0.39 is 5.97 Å². The van der Waals surface area contributed by atoms with E-state index in [1.54, 1.807) is 18.2 Å². The molecule has 96 valence electrons. The lowest BCUT2D eigenvalue weighted by atomic mass is 10.2. The number of likely N-dealkylation sites (N-methyl/N-ethyl adjacent to an activating group) is 1. The maximum absolute atomic E-state index is 11.0. The molecular formula is C12H12BrNO4. The van der Waals surface area contributed by atoms with E-state index in [0.29, 0.717) is 10.2 Å². The topological polar surface area (TPSA) is 75.6 Å². The monoisotopic (exact) mass is 313 g/mol. The lowest BCUT2D eigenvalue weighted by molar-refractivity contribution is -0.131. The summed E-state index contributed by atoms with van der Waals surface area (Å²) >= 11 is 3.29. The van der Waals surface area contributed by atoms with Gasteiger partial charge in [0.15, 0.2) is 6.61 Å². The molecule has 0 atom stereocenters. The molecule has 0 radical (unpaired) electrons. The Morgan fingerprint density at radius 3 is 2.78 bits per heavy atom. The molecular weight excluding hydrogens is 302 g/mol. The average Bonchev–Trinajstić information content (AvgIpc) is 2.34. The van der Waals surface area contributed by atoms with Crippen LogP contribution in [0.1, 0.15) is 5.56 Å². The first kappa shape index (κ1) is 14.2. The lowest BCUT2D eigenvalue weighted by Crippen LogP contribution is -2.24. The van der Waals surface area contributed by atoms with Crippen LogP contribution >= 0.6 is 15.9 Å². The van der Waals surface area contributed by atoms with Crippen molar-refractivity contribution in [3.05, 3.63) is 34.3 Å². The standard InChI is InChI=1S/C12H12BrNO4/c1-14-11(15)7-18-10-4-2-8(6-9(10)13)3-5-12(16)17/h2-6H,7H2,1H3,(H,14,15)(H,16,17)/b5-3+. The average molecular weight is 314 g/mol. The minimum absolute atomic E-state index is 0.0700. The van der Waals surface area contributed by atoms with E-state index in [1.165, 1.54) is 13.1 Å². The lowest BCUT2D eigenvalue weighted by Gasteiger charge is -2.07. The summed E-state index contributed by atoms with van der Waals surface area (Å²) in [6.45, 7) is -0.0700. The zero-order valence-corrected chi connectivity index (χ0v) is 11.2. The molecule has 1 rings (SSSR count). The fourth-order valence-corrected chi connectivity index (χ4v) is 1.63. The first-order valence-electron chi connectivity index (χ1n) is 5.07. The van der Waals surface area contributed by atoms with Crippen molar-refractivity contribution in [2.45, 2.75) is 0 Å². The molecule has 0 spiro atoms. The Kier molecular flexibility index (Phi) is 5.38. The van der Waals surface area contributed by atoms with E-state index in [2.05, 4.69) is 21.2 Å². The number of carboxylic acid groups (broad SMARTS) is 1. The molecule has 0 aliphatic rings. The van der Waals surface area contributed by atoms with Crippen LogP contribution in [0.25, 0.3) is 6.08 Å². The highest BCUT2D eigenvalue weighted by Crippen LogP contribution is 2.26. The molecule has 1 aromatic carbocycles. The molecule has 0 unspecified atom stereocenters. The van der Waals surface area contributed by atoms with Gasteiger partial charge in [0.2, 0.25) is 0 Å². The van der Waals surface area contributed by atoms with Crippen LogP contribution in [0.5, 0.6) is 5.75 Å². The molecule has 0 saturated carbocycles. The van der Waals surface area contributed by atoms with Crippen molar-refractivity contribution in [2.24, 2.45) is 0 Å². The third-order valence-corrected chi connectivity index (χ3v) is 2.63. The van der Waals surface area contributed by atoms with Crippen LogP contribution in [-0.4, -0.2) is 30.6 Å². The number of nitrogens with one attached hydrogen (secondary N) is 1. The molecule has 1 amide bonds. The molecule has 0 bridgehead atoms. The number of amides is 1. The molecule has 5 nitrogen and oxygen atoms in total. The van der Waals surface area contributed by atoms with Crippen LogP contribution in [0.3, 0.4) is 0 Å². The third kappa shape index (κ3) is 4.58. The van der Waals surface area contributed by atoms with E-state index in [0.717, 1.165) is 11.6 Å². The van der Waals surface area contributed by atoms with Crippen LogP contribution in [-0.2, 0) is 9.59 Å². The molecule has 0 saturated heterocycles. The molecule has 0 aromatic heterocycles. The fourth-order valence-electron chi connectivity index (χ4n) is 1.12. The summed E-state index contributed by atoms with van der Waals surface area (Å²) in [6, 6.07) is 5.07. The maximum Gasteiger partial charge on any atom is 0.328 e. The van der Waals surface area contributed by atoms with Crippen molar-refractivity contribution >= 4 is 33.9 Å². The van der Waals surface area contributed by atoms with E-state index in [-0.39, 0.29) is 12.5 Å². The minimum atomic E-state index is -1.01. The smallest absolute Gasteiger partial charge is 0.328 e. The summed E-state index contributed by atoms with van der Waals surface area (Å²) < 4.78 is 5.92. The number of benzene rings is 1. The van der Waals surface area contributed by atoms with Crippen molar-refractivity contribution in [3.8, 4) is 5.75 Å². The van der Waals surface area contributed by atoms with Gasteiger partial charge in [-0.05, 0) is 39.7 Å². The number of carbonyl (C=O) groups is 2. The van der Waals surface area contributed by atoms with Crippen LogP contribution in [0.15, 0.2) is 28.7 Å². The molecule has 18 heavy (non-hydrogen) atoms. The van der Waals surface area contributed by atoms with Gasteiger partial charge in [0.25, 0.3) is 5.91 Å². The van der Waals surface area contributed by atoms with Crippen LogP contribution in [0, 0.1) is 0 Å². The van der Waals surface area contributed by atoms with Crippen molar-refractivity contribution in [1.82, 2.24) is 5.32 Å². The van der Waals surface area contributed by atoms with Gasteiger partial charge in [0, 0.05) is 13.1 Å². The molecule has 0 aliphatic heterocycles. The summed E-state index contributed by atoms with van der Waals surface area (Å²) in [5.74, 6) is -0.714. The highest BCUT2D eigenvalue weighted by atomic mass is 79.9. The Labute approximate surface area is 113 Å². The number of rotatable bonds is 5. The largest absolute Gasteiger partial charge is 0.483 e. The van der Waals surface area contributed by atoms with Crippen molar-refractivity contribution in [2.75, 3.05) is 13.7 Å². The number of carbonyl (C=O) groups excluding carboxylic acids is 1. The molecule has 1 aromatic rings. The maximum atomic E-state index is 11.0. The number of carboxylic acids is 1. The molecule has 0 fully saturated rings. The summed E-state index contributed by atoms with van der Waals surface area (Å²) in [4.78, 5) is 21.4. The van der Waals surface area contributed by atoms with E-state index in [9.17, 15) is 9.59 Å². The molecule has 6 heteroatoms.